The van der Waals surface area contributed by atoms with Gasteiger partial charge in [0.15, 0.2) is 6.10 Å². The molecule has 1 rings (SSSR count). The Labute approximate surface area is 103 Å². The summed E-state index contributed by atoms with van der Waals surface area (Å²) < 4.78 is 10.2. The highest BCUT2D eigenvalue weighted by Crippen LogP contribution is 2.21. The molecule has 1 aromatic rings. The van der Waals surface area contributed by atoms with E-state index in [1.807, 2.05) is 18.2 Å². The second-order valence-corrected chi connectivity index (χ2v) is 3.40. The van der Waals surface area contributed by atoms with Crippen molar-refractivity contribution in [1.82, 2.24) is 0 Å². The minimum atomic E-state index is -0.577. The highest BCUT2D eigenvalue weighted by atomic mass is 79.9. The van der Waals surface area contributed by atoms with Crippen LogP contribution in [-0.4, -0.2) is 13.1 Å². The van der Waals surface area contributed by atoms with E-state index in [1.165, 1.54) is 6.92 Å². The fraction of sp³-hybridized carbons (Fsp3) is 0.250. The van der Waals surface area contributed by atoms with Crippen LogP contribution in [0.4, 0.5) is 0 Å². The van der Waals surface area contributed by atoms with Crippen LogP contribution in [0.2, 0.25) is 0 Å². The zero-order valence-corrected chi connectivity index (χ0v) is 10.6. The van der Waals surface area contributed by atoms with E-state index in [4.69, 9.17) is 9.47 Å². The number of carbonyl (C=O) groups excluding carboxylic acids is 1. The fourth-order valence-corrected chi connectivity index (χ4v) is 1.41. The Morgan fingerprint density at radius 1 is 1.50 bits per heavy atom. The summed E-state index contributed by atoms with van der Waals surface area (Å²) in [5.41, 5.74) is 0.779. The number of esters is 1. The number of hydrogen-bond donors (Lipinski definition) is 0. The average molecular weight is 283 g/mol. The molecule has 0 saturated heterocycles. The first kappa shape index (κ1) is 12.6. The zero-order chi connectivity index (χ0) is 12.0. The van der Waals surface area contributed by atoms with Crippen molar-refractivity contribution < 1.29 is 14.3 Å². The smallest absolute Gasteiger partial charge is 0.304 e. The molecule has 0 N–H and O–H groups in total. The normalized spacial score (nSPS) is 10.9. The molecule has 0 aromatic heterocycles. The average Bonchev–Trinajstić information content (AvgIpc) is 2.28. The lowest BCUT2D eigenvalue weighted by molar-refractivity contribution is -0.144. The molecule has 0 bridgehead atoms. The molecule has 1 unspecified atom stereocenters. The Morgan fingerprint density at radius 2 is 2.25 bits per heavy atom. The summed E-state index contributed by atoms with van der Waals surface area (Å²) in [4.78, 5) is 13.5. The maximum atomic E-state index is 10.9. The van der Waals surface area contributed by atoms with Crippen LogP contribution >= 0.6 is 15.9 Å². The van der Waals surface area contributed by atoms with Gasteiger partial charge in [-0.2, -0.15) is 0 Å². The number of rotatable bonds is 3. The largest absolute Gasteiger partial charge is 0.497 e. The number of hydrogen-bond acceptors (Lipinski definition) is 3. The molecule has 3 nitrogen and oxygen atoms in total. The number of methoxy groups -OCH3 is 1. The van der Waals surface area contributed by atoms with Gasteiger partial charge < -0.3 is 9.47 Å². The van der Waals surface area contributed by atoms with Crippen molar-refractivity contribution in [1.29, 1.82) is 0 Å². The van der Waals surface area contributed by atoms with Crippen molar-refractivity contribution in [2.45, 2.75) is 13.0 Å². The minimum Gasteiger partial charge on any atom is -0.497 e. The Bertz CT molecular complexity index is 431. The predicted octanol–water partition coefficient (Wildman–Crippen LogP) is 2.66. The third-order valence-electron chi connectivity index (χ3n) is 1.87. The summed E-state index contributed by atoms with van der Waals surface area (Å²) in [6.07, 6.45) is -0.577. The van der Waals surface area contributed by atoms with Gasteiger partial charge in [-0.05, 0) is 22.9 Å². The minimum absolute atomic E-state index is 0.372. The molecule has 0 aliphatic carbocycles. The number of carbonyl (C=O) groups is 1. The molecule has 1 aromatic carbocycles. The summed E-state index contributed by atoms with van der Waals surface area (Å²) in [5, 5.41) is 0. The van der Waals surface area contributed by atoms with Gasteiger partial charge in [-0.3, -0.25) is 4.79 Å². The molecule has 4 heteroatoms. The molecule has 16 heavy (non-hydrogen) atoms. The van der Waals surface area contributed by atoms with Gasteiger partial charge >= 0.3 is 5.97 Å². The standard InChI is InChI=1S/C12H11BrO3/c1-9(14)16-12(6-7-13)10-4-3-5-11(8-10)15-2/h3-5,8,12H,1-2H3. The first-order valence-electron chi connectivity index (χ1n) is 4.59. The van der Waals surface area contributed by atoms with Gasteiger partial charge in [0.25, 0.3) is 0 Å². The highest BCUT2D eigenvalue weighted by Gasteiger charge is 2.12. The van der Waals surface area contributed by atoms with E-state index in [-0.39, 0.29) is 5.97 Å². The van der Waals surface area contributed by atoms with Crippen molar-refractivity contribution >= 4 is 21.9 Å². The van der Waals surface area contributed by atoms with Crippen LogP contribution in [0.25, 0.3) is 0 Å². The van der Waals surface area contributed by atoms with Crippen molar-refractivity contribution in [3.8, 4) is 16.5 Å². The van der Waals surface area contributed by atoms with Crippen molar-refractivity contribution in [2.24, 2.45) is 0 Å². The molecule has 0 heterocycles. The maximum Gasteiger partial charge on any atom is 0.304 e. The van der Waals surface area contributed by atoms with Crippen LogP contribution in [0.1, 0.15) is 18.6 Å². The lowest BCUT2D eigenvalue weighted by Gasteiger charge is -2.12. The Morgan fingerprint density at radius 3 is 2.81 bits per heavy atom. The molecule has 0 radical (unpaired) electrons. The molecule has 0 saturated carbocycles. The van der Waals surface area contributed by atoms with Gasteiger partial charge in [-0.15, -0.1) is 0 Å². The van der Waals surface area contributed by atoms with Crippen molar-refractivity contribution in [3.05, 3.63) is 29.8 Å². The van der Waals surface area contributed by atoms with Crippen molar-refractivity contribution in [2.75, 3.05) is 7.11 Å². The Hall–Kier alpha value is -1.47. The van der Waals surface area contributed by atoms with Gasteiger partial charge in [0, 0.05) is 28.4 Å². The molecular formula is C12H11BrO3. The molecule has 1 atom stereocenters. The fourth-order valence-electron chi connectivity index (χ4n) is 1.20. The van der Waals surface area contributed by atoms with Crippen LogP contribution in [0.15, 0.2) is 24.3 Å². The Kier molecular flexibility index (Phi) is 4.87. The summed E-state index contributed by atoms with van der Waals surface area (Å²) in [5.74, 6) is 3.08. The summed E-state index contributed by atoms with van der Waals surface area (Å²) >= 11 is 2.99. The van der Waals surface area contributed by atoms with Gasteiger partial charge in [0.2, 0.25) is 0 Å². The molecule has 0 aliphatic heterocycles. The van der Waals surface area contributed by atoms with Crippen LogP contribution in [0.3, 0.4) is 0 Å². The first-order chi connectivity index (χ1) is 7.67. The molecule has 0 aliphatic rings. The van der Waals surface area contributed by atoms with Crippen molar-refractivity contribution in [3.63, 3.8) is 0 Å². The topological polar surface area (TPSA) is 35.5 Å². The summed E-state index contributed by atoms with van der Waals surface area (Å²) in [7, 11) is 1.58. The molecule has 84 valence electrons. The summed E-state index contributed by atoms with van der Waals surface area (Å²) in [6.45, 7) is 1.35. The SMILES string of the molecule is COc1cccc(C(C#CBr)OC(C)=O)c1. The van der Waals surface area contributed by atoms with Crippen LogP contribution in [0.5, 0.6) is 5.75 Å². The highest BCUT2D eigenvalue weighted by molar-refractivity contribution is 9.12. The van der Waals surface area contributed by atoms with E-state index in [0.29, 0.717) is 5.75 Å². The predicted molar refractivity (Wildman–Crippen MR) is 64.2 cm³/mol. The van der Waals surface area contributed by atoms with Gasteiger partial charge in [0.05, 0.1) is 7.11 Å². The van der Waals surface area contributed by atoms with Gasteiger partial charge in [-0.1, -0.05) is 12.1 Å². The lowest BCUT2D eigenvalue weighted by atomic mass is 10.1. The van der Waals surface area contributed by atoms with E-state index in [1.54, 1.807) is 13.2 Å². The second kappa shape index (κ2) is 6.19. The number of halogens is 1. The Balaban J connectivity index is 2.98. The third-order valence-corrected chi connectivity index (χ3v) is 2.09. The number of ether oxygens (including phenoxy) is 2. The second-order valence-electron chi connectivity index (χ2n) is 3.00. The van der Waals surface area contributed by atoms with Crippen LogP contribution in [-0.2, 0) is 9.53 Å². The lowest BCUT2D eigenvalue weighted by Crippen LogP contribution is -2.06. The van der Waals surface area contributed by atoms with E-state index in [0.717, 1.165) is 5.56 Å². The van der Waals surface area contributed by atoms with E-state index in [9.17, 15) is 4.79 Å². The van der Waals surface area contributed by atoms with E-state index >= 15 is 0 Å². The van der Waals surface area contributed by atoms with E-state index < -0.39 is 6.10 Å². The van der Waals surface area contributed by atoms with E-state index in [2.05, 4.69) is 26.7 Å². The quantitative estimate of drug-likeness (QED) is 0.632. The molecule has 0 amide bonds. The number of benzene rings is 1. The molecule has 0 spiro atoms. The third kappa shape index (κ3) is 3.59. The molecular weight excluding hydrogens is 272 g/mol. The summed E-state index contributed by atoms with van der Waals surface area (Å²) in [6, 6.07) is 7.24. The van der Waals surface area contributed by atoms with Gasteiger partial charge in [0.1, 0.15) is 5.75 Å². The van der Waals surface area contributed by atoms with Crippen LogP contribution in [0, 0.1) is 10.8 Å². The maximum absolute atomic E-state index is 10.9. The zero-order valence-electron chi connectivity index (χ0n) is 8.99. The van der Waals surface area contributed by atoms with Crippen LogP contribution < -0.4 is 4.74 Å². The van der Waals surface area contributed by atoms with Gasteiger partial charge in [-0.25, -0.2) is 0 Å². The molecule has 0 fully saturated rings. The monoisotopic (exact) mass is 282 g/mol. The first-order valence-corrected chi connectivity index (χ1v) is 5.39.